The lowest BCUT2D eigenvalue weighted by molar-refractivity contribution is 0.715. The Balaban J connectivity index is 1.99. The predicted molar refractivity (Wildman–Crippen MR) is 47.7 cm³/mol. The summed E-state index contributed by atoms with van der Waals surface area (Å²) in [6.45, 7) is 0.609. The van der Waals surface area contributed by atoms with Crippen molar-refractivity contribution in [1.82, 2.24) is 20.0 Å². The zero-order valence-corrected chi connectivity index (χ0v) is 6.94. The normalized spacial score (nSPS) is 9.23. The molecule has 2 heterocycles. The molecule has 0 unspecified atom stereocenters. The highest BCUT2D eigenvalue weighted by Gasteiger charge is 1.85. The molecule has 2 rings (SSSR count). The Morgan fingerprint density at radius 2 is 2.54 bits per heavy atom. The van der Waals surface area contributed by atoms with E-state index in [2.05, 4.69) is 27.1 Å². The molecule has 0 radical (unpaired) electrons. The first-order chi connectivity index (χ1) is 6.45. The third kappa shape index (κ3) is 1.97. The molecule has 0 atom stereocenters. The van der Waals surface area contributed by atoms with Crippen molar-refractivity contribution in [2.75, 3.05) is 0 Å². The van der Waals surface area contributed by atoms with Crippen LogP contribution in [0, 0.1) is 11.8 Å². The zero-order chi connectivity index (χ0) is 8.93. The van der Waals surface area contributed by atoms with Gasteiger partial charge in [0, 0.05) is 18.6 Å². The van der Waals surface area contributed by atoms with Gasteiger partial charge in [-0.05, 0) is 6.07 Å². The molecule has 0 aliphatic carbocycles. The summed E-state index contributed by atoms with van der Waals surface area (Å²) in [6, 6.07) is 1.87. The van der Waals surface area contributed by atoms with Crippen LogP contribution in [0.2, 0.25) is 0 Å². The van der Waals surface area contributed by atoms with E-state index in [0.29, 0.717) is 6.54 Å². The van der Waals surface area contributed by atoms with E-state index >= 15 is 0 Å². The molecule has 0 aliphatic rings. The van der Waals surface area contributed by atoms with Crippen LogP contribution in [0.15, 0.2) is 30.9 Å². The second-order valence-electron chi connectivity index (χ2n) is 2.49. The van der Waals surface area contributed by atoms with Crippen LogP contribution in [0.1, 0.15) is 5.56 Å². The molecule has 4 nitrogen and oxygen atoms in total. The topological polar surface area (TPSA) is 46.5 Å². The van der Waals surface area contributed by atoms with E-state index in [-0.39, 0.29) is 0 Å². The quantitative estimate of drug-likeness (QED) is 0.642. The van der Waals surface area contributed by atoms with Crippen molar-refractivity contribution in [2.45, 2.75) is 6.54 Å². The molecule has 0 saturated heterocycles. The smallest absolute Gasteiger partial charge is 0.102 e. The molecule has 0 aliphatic heterocycles. The summed E-state index contributed by atoms with van der Waals surface area (Å²) in [6.07, 6.45) is 7.07. The first-order valence-corrected chi connectivity index (χ1v) is 3.90. The highest BCUT2D eigenvalue weighted by Crippen LogP contribution is 1.89. The van der Waals surface area contributed by atoms with Crippen molar-refractivity contribution in [2.24, 2.45) is 0 Å². The standard InChI is InChI=1S/C9H8N4/c1(3-9-7-10-11-8-9)5-13-6-2-4-12-13/h2,4,6-8H,5H2,(H,10,11). The SMILES string of the molecule is C(#Cc1cn[nH]c1)Cn1cccn1. The second kappa shape index (κ2) is 3.59. The van der Waals surface area contributed by atoms with E-state index < -0.39 is 0 Å². The van der Waals surface area contributed by atoms with Gasteiger partial charge in [-0.25, -0.2) is 0 Å². The van der Waals surface area contributed by atoms with Gasteiger partial charge in [-0.2, -0.15) is 10.2 Å². The van der Waals surface area contributed by atoms with Gasteiger partial charge in [-0.1, -0.05) is 11.8 Å². The average Bonchev–Trinajstić information content (AvgIpc) is 2.75. The first kappa shape index (κ1) is 7.62. The summed E-state index contributed by atoms with van der Waals surface area (Å²) in [5.41, 5.74) is 0.896. The summed E-state index contributed by atoms with van der Waals surface area (Å²) < 4.78 is 1.77. The number of aromatic amines is 1. The lowest BCUT2D eigenvalue weighted by Crippen LogP contribution is -1.94. The molecular formula is C9H8N4. The Morgan fingerprint density at radius 1 is 1.54 bits per heavy atom. The maximum Gasteiger partial charge on any atom is 0.102 e. The second-order valence-corrected chi connectivity index (χ2v) is 2.49. The Morgan fingerprint density at radius 3 is 3.23 bits per heavy atom. The minimum Gasteiger partial charge on any atom is -0.284 e. The third-order valence-corrected chi connectivity index (χ3v) is 1.53. The number of hydrogen-bond donors (Lipinski definition) is 1. The largest absolute Gasteiger partial charge is 0.284 e. The fraction of sp³-hybridized carbons (Fsp3) is 0.111. The van der Waals surface area contributed by atoms with Crippen molar-refractivity contribution in [3.05, 3.63) is 36.4 Å². The molecule has 0 fully saturated rings. The molecule has 1 N–H and O–H groups in total. The van der Waals surface area contributed by atoms with Gasteiger partial charge in [-0.15, -0.1) is 0 Å². The molecule has 0 bridgehead atoms. The van der Waals surface area contributed by atoms with E-state index in [0.717, 1.165) is 5.56 Å². The van der Waals surface area contributed by atoms with Gasteiger partial charge in [0.15, 0.2) is 0 Å². The number of aromatic nitrogens is 4. The van der Waals surface area contributed by atoms with Gasteiger partial charge in [0.1, 0.15) is 6.54 Å². The zero-order valence-electron chi connectivity index (χ0n) is 6.94. The molecule has 13 heavy (non-hydrogen) atoms. The molecule has 64 valence electrons. The summed E-state index contributed by atoms with van der Waals surface area (Å²) in [7, 11) is 0. The minimum atomic E-state index is 0.609. The molecule has 0 saturated carbocycles. The van der Waals surface area contributed by atoms with Crippen molar-refractivity contribution < 1.29 is 0 Å². The monoisotopic (exact) mass is 172 g/mol. The average molecular weight is 172 g/mol. The van der Waals surface area contributed by atoms with Gasteiger partial charge < -0.3 is 0 Å². The maximum absolute atomic E-state index is 4.03. The van der Waals surface area contributed by atoms with Crippen LogP contribution in [0.3, 0.4) is 0 Å². The third-order valence-electron chi connectivity index (χ3n) is 1.53. The van der Waals surface area contributed by atoms with Gasteiger partial charge in [0.25, 0.3) is 0 Å². The maximum atomic E-state index is 4.03. The van der Waals surface area contributed by atoms with Crippen molar-refractivity contribution in [3.63, 3.8) is 0 Å². The van der Waals surface area contributed by atoms with Crippen molar-refractivity contribution in [3.8, 4) is 11.8 Å². The van der Waals surface area contributed by atoms with Gasteiger partial charge >= 0.3 is 0 Å². The van der Waals surface area contributed by atoms with E-state index in [1.54, 1.807) is 23.3 Å². The number of nitrogens with zero attached hydrogens (tertiary/aromatic N) is 3. The fourth-order valence-electron chi connectivity index (χ4n) is 0.936. The van der Waals surface area contributed by atoms with Crippen LogP contribution in [0.4, 0.5) is 0 Å². The van der Waals surface area contributed by atoms with E-state index in [9.17, 15) is 0 Å². The number of hydrogen-bond acceptors (Lipinski definition) is 2. The molecule has 4 heteroatoms. The molecule has 0 spiro atoms. The lowest BCUT2D eigenvalue weighted by atomic mass is 10.4. The van der Waals surface area contributed by atoms with Crippen LogP contribution >= 0.6 is 0 Å². The number of H-pyrrole nitrogens is 1. The summed E-state index contributed by atoms with van der Waals surface area (Å²) in [4.78, 5) is 0. The molecule has 2 aromatic rings. The fourth-order valence-corrected chi connectivity index (χ4v) is 0.936. The highest BCUT2D eigenvalue weighted by atomic mass is 15.3. The number of rotatable bonds is 1. The highest BCUT2D eigenvalue weighted by molar-refractivity contribution is 5.28. The van der Waals surface area contributed by atoms with Crippen LogP contribution in [-0.2, 0) is 6.54 Å². The first-order valence-electron chi connectivity index (χ1n) is 3.90. The molecule has 2 aromatic heterocycles. The summed E-state index contributed by atoms with van der Waals surface area (Å²) >= 11 is 0. The van der Waals surface area contributed by atoms with Crippen molar-refractivity contribution in [1.29, 1.82) is 0 Å². The van der Waals surface area contributed by atoms with Gasteiger partial charge in [0.05, 0.1) is 11.8 Å². The van der Waals surface area contributed by atoms with Crippen LogP contribution in [-0.4, -0.2) is 20.0 Å². The van der Waals surface area contributed by atoms with Gasteiger partial charge in [0.2, 0.25) is 0 Å². The van der Waals surface area contributed by atoms with E-state index in [1.165, 1.54) is 0 Å². The summed E-state index contributed by atoms with van der Waals surface area (Å²) in [5, 5.41) is 10.5. The number of nitrogens with one attached hydrogen (secondary N) is 1. The van der Waals surface area contributed by atoms with Crippen LogP contribution < -0.4 is 0 Å². The Bertz CT molecular complexity index is 402. The lowest BCUT2D eigenvalue weighted by Gasteiger charge is -1.88. The van der Waals surface area contributed by atoms with Crippen LogP contribution in [0.5, 0.6) is 0 Å². The van der Waals surface area contributed by atoms with Crippen molar-refractivity contribution >= 4 is 0 Å². The Hall–Kier alpha value is -2.02. The predicted octanol–water partition coefficient (Wildman–Crippen LogP) is 0.658. The van der Waals surface area contributed by atoms with E-state index in [4.69, 9.17) is 0 Å². The minimum absolute atomic E-state index is 0.609. The van der Waals surface area contributed by atoms with E-state index in [1.807, 2.05) is 12.3 Å². The Kier molecular flexibility index (Phi) is 2.10. The van der Waals surface area contributed by atoms with Crippen LogP contribution in [0.25, 0.3) is 0 Å². The Labute approximate surface area is 75.6 Å². The molecule has 0 amide bonds. The molecular weight excluding hydrogens is 164 g/mol. The summed E-state index contributed by atoms with van der Waals surface area (Å²) in [5.74, 6) is 5.94. The molecule has 0 aromatic carbocycles. The van der Waals surface area contributed by atoms with Gasteiger partial charge in [-0.3, -0.25) is 9.78 Å².